The predicted molar refractivity (Wildman–Crippen MR) is 94.2 cm³/mol. The topological polar surface area (TPSA) is 45.6 Å². The molecule has 0 aromatic heterocycles. The molecule has 0 radical (unpaired) electrons. The second-order valence-electron chi connectivity index (χ2n) is 4.54. The van der Waals surface area contributed by atoms with Crippen LogP contribution in [-0.2, 0) is 6.54 Å². The fourth-order valence-corrected chi connectivity index (χ4v) is 1.92. The quantitative estimate of drug-likeness (QED) is 0.489. The Balaban J connectivity index is 1.75. The van der Waals surface area contributed by atoms with E-state index >= 15 is 0 Å². The second-order valence-corrected chi connectivity index (χ2v) is 4.95. The molecule has 0 amide bonds. The molecule has 0 fully saturated rings. The largest absolute Gasteiger partial charge is 0.494 e. The van der Waals surface area contributed by atoms with Gasteiger partial charge < -0.3 is 10.1 Å². The number of nitrogens with one attached hydrogen (secondary N) is 2. The van der Waals surface area contributed by atoms with Gasteiger partial charge in [0.1, 0.15) is 5.75 Å². The van der Waals surface area contributed by atoms with Crippen LogP contribution in [0.1, 0.15) is 18.1 Å². The Hall–Kier alpha value is -2.40. The molecule has 2 rings (SSSR count). The van der Waals surface area contributed by atoms with Gasteiger partial charge in [0.15, 0.2) is 5.11 Å². The number of ether oxygens (including phenoxy) is 1. The summed E-state index contributed by atoms with van der Waals surface area (Å²) in [5.41, 5.74) is 4.94. The fourth-order valence-electron chi connectivity index (χ4n) is 1.80. The maximum Gasteiger partial charge on any atom is 0.187 e. The highest BCUT2D eigenvalue weighted by Crippen LogP contribution is 2.10. The smallest absolute Gasteiger partial charge is 0.187 e. The van der Waals surface area contributed by atoms with E-state index in [0.717, 1.165) is 11.3 Å². The molecule has 0 atom stereocenters. The van der Waals surface area contributed by atoms with Crippen LogP contribution in [-0.4, -0.2) is 17.9 Å². The van der Waals surface area contributed by atoms with Crippen molar-refractivity contribution in [3.05, 3.63) is 65.7 Å². The molecule has 2 aromatic rings. The summed E-state index contributed by atoms with van der Waals surface area (Å²) in [6, 6.07) is 17.8. The average Bonchev–Trinajstić information content (AvgIpc) is 2.56. The van der Waals surface area contributed by atoms with Crippen LogP contribution in [0.2, 0.25) is 0 Å². The Bertz CT molecular complexity index is 612. The summed E-state index contributed by atoms with van der Waals surface area (Å²) in [5.74, 6) is 0.854. The highest BCUT2D eigenvalue weighted by atomic mass is 32.1. The van der Waals surface area contributed by atoms with Crippen molar-refractivity contribution in [3.8, 4) is 5.75 Å². The van der Waals surface area contributed by atoms with Gasteiger partial charge in [0.25, 0.3) is 0 Å². The maximum absolute atomic E-state index is 5.39. The van der Waals surface area contributed by atoms with Gasteiger partial charge >= 0.3 is 0 Å². The van der Waals surface area contributed by atoms with Crippen molar-refractivity contribution in [3.63, 3.8) is 0 Å². The molecule has 0 bridgehead atoms. The lowest BCUT2D eigenvalue weighted by atomic mass is 10.2. The molecule has 0 saturated carbocycles. The lowest BCUT2D eigenvalue weighted by Gasteiger charge is -2.06. The summed E-state index contributed by atoms with van der Waals surface area (Å²) in [7, 11) is 0. The number of rotatable bonds is 6. The standard InChI is InChI=1S/C17H19N3OS/c1-2-21-16-10-8-15(9-11-16)13-19-20-17(22)18-12-14-6-4-3-5-7-14/h3-11,13H,2,12H2,1H3,(H2,18,20,22)/b19-13-. The monoisotopic (exact) mass is 313 g/mol. The van der Waals surface area contributed by atoms with E-state index in [1.54, 1.807) is 6.21 Å². The van der Waals surface area contributed by atoms with E-state index in [-0.39, 0.29) is 0 Å². The number of hydrogen-bond acceptors (Lipinski definition) is 3. The number of hydrazone groups is 1. The van der Waals surface area contributed by atoms with Gasteiger partial charge in [-0.05, 0) is 54.5 Å². The molecule has 22 heavy (non-hydrogen) atoms. The van der Waals surface area contributed by atoms with Crippen molar-refractivity contribution < 1.29 is 4.74 Å². The van der Waals surface area contributed by atoms with Crippen molar-refractivity contribution in [1.29, 1.82) is 0 Å². The van der Waals surface area contributed by atoms with Crippen molar-refractivity contribution in [2.75, 3.05) is 6.61 Å². The van der Waals surface area contributed by atoms with Gasteiger partial charge in [-0.25, -0.2) is 0 Å². The van der Waals surface area contributed by atoms with Crippen molar-refractivity contribution >= 4 is 23.5 Å². The van der Waals surface area contributed by atoms with Gasteiger partial charge in [-0.1, -0.05) is 30.3 Å². The van der Waals surface area contributed by atoms with Crippen LogP contribution in [0.4, 0.5) is 0 Å². The summed E-state index contributed by atoms with van der Waals surface area (Å²) >= 11 is 5.17. The Labute approximate surface area is 136 Å². The molecule has 0 spiro atoms. The third kappa shape index (κ3) is 5.54. The lowest BCUT2D eigenvalue weighted by Crippen LogP contribution is -2.31. The van der Waals surface area contributed by atoms with Gasteiger partial charge in [-0.3, -0.25) is 5.43 Å². The van der Waals surface area contributed by atoms with Crippen molar-refractivity contribution in [2.24, 2.45) is 5.10 Å². The molecule has 2 aromatic carbocycles. The summed E-state index contributed by atoms with van der Waals surface area (Å²) in [5, 5.41) is 7.70. The predicted octanol–water partition coefficient (Wildman–Crippen LogP) is 3.08. The van der Waals surface area contributed by atoms with Crippen LogP contribution in [0.3, 0.4) is 0 Å². The van der Waals surface area contributed by atoms with E-state index < -0.39 is 0 Å². The van der Waals surface area contributed by atoms with Crippen LogP contribution >= 0.6 is 12.2 Å². The number of hydrogen-bond donors (Lipinski definition) is 2. The average molecular weight is 313 g/mol. The van der Waals surface area contributed by atoms with Gasteiger partial charge in [0, 0.05) is 6.54 Å². The molecule has 0 unspecified atom stereocenters. The summed E-state index contributed by atoms with van der Waals surface area (Å²) in [6.07, 6.45) is 1.71. The zero-order valence-electron chi connectivity index (χ0n) is 12.5. The molecular formula is C17H19N3OS. The highest BCUT2D eigenvalue weighted by molar-refractivity contribution is 7.80. The molecule has 0 saturated heterocycles. The first-order valence-corrected chi connectivity index (χ1v) is 7.52. The van der Waals surface area contributed by atoms with E-state index in [0.29, 0.717) is 18.3 Å². The van der Waals surface area contributed by atoms with Gasteiger partial charge in [0.2, 0.25) is 0 Å². The highest BCUT2D eigenvalue weighted by Gasteiger charge is 1.95. The third-order valence-corrected chi connectivity index (χ3v) is 3.10. The molecule has 0 aliphatic rings. The van der Waals surface area contributed by atoms with Gasteiger partial charge in [0.05, 0.1) is 12.8 Å². The van der Waals surface area contributed by atoms with Crippen LogP contribution < -0.4 is 15.5 Å². The molecule has 114 valence electrons. The first-order chi connectivity index (χ1) is 10.8. The Kier molecular flexibility index (Phi) is 6.39. The Morgan fingerprint density at radius 2 is 1.86 bits per heavy atom. The zero-order valence-corrected chi connectivity index (χ0v) is 13.3. The van der Waals surface area contributed by atoms with E-state index in [1.807, 2.05) is 61.5 Å². The van der Waals surface area contributed by atoms with E-state index in [9.17, 15) is 0 Å². The zero-order chi connectivity index (χ0) is 15.6. The second kappa shape index (κ2) is 8.79. The molecular weight excluding hydrogens is 294 g/mol. The van der Waals surface area contributed by atoms with E-state index in [4.69, 9.17) is 17.0 Å². The number of benzene rings is 2. The molecule has 2 N–H and O–H groups in total. The van der Waals surface area contributed by atoms with Crippen LogP contribution in [0.25, 0.3) is 0 Å². The third-order valence-electron chi connectivity index (χ3n) is 2.87. The maximum atomic E-state index is 5.39. The first kappa shape index (κ1) is 16.0. The molecule has 0 aliphatic carbocycles. The van der Waals surface area contributed by atoms with Crippen molar-refractivity contribution in [1.82, 2.24) is 10.7 Å². The molecule has 0 aliphatic heterocycles. The minimum Gasteiger partial charge on any atom is -0.494 e. The summed E-state index contributed by atoms with van der Waals surface area (Å²) in [4.78, 5) is 0. The summed E-state index contributed by atoms with van der Waals surface area (Å²) < 4.78 is 5.39. The van der Waals surface area contributed by atoms with Crippen molar-refractivity contribution in [2.45, 2.75) is 13.5 Å². The Morgan fingerprint density at radius 1 is 1.14 bits per heavy atom. The van der Waals surface area contributed by atoms with Crippen LogP contribution in [0.15, 0.2) is 59.7 Å². The molecule has 5 heteroatoms. The summed E-state index contributed by atoms with van der Waals surface area (Å²) in [6.45, 7) is 3.30. The normalized spacial score (nSPS) is 10.4. The molecule has 4 nitrogen and oxygen atoms in total. The fraction of sp³-hybridized carbons (Fsp3) is 0.176. The van der Waals surface area contributed by atoms with Gasteiger partial charge in [-0.2, -0.15) is 5.10 Å². The van der Waals surface area contributed by atoms with E-state index in [1.165, 1.54) is 5.56 Å². The molecule has 0 heterocycles. The minimum atomic E-state index is 0.492. The minimum absolute atomic E-state index is 0.492. The number of thiocarbonyl (C=S) groups is 1. The Morgan fingerprint density at radius 3 is 2.55 bits per heavy atom. The van der Waals surface area contributed by atoms with Crippen LogP contribution in [0.5, 0.6) is 5.75 Å². The van der Waals surface area contributed by atoms with E-state index in [2.05, 4.69) is 15.8 Å². The van der Waals surface area contributed by atoms with Gasteiger partial charge in [-0.15, -0.1) is 0 Å². The van der Waals surface area contributed by atoms with Crippen LogP contribution in [0, 0.1) is 0 Å². The SMILES string of the molecule is CCOc1ccc(/C=N\NC(=S)NCc2ccccc2)cc1. The number of nitrogens with zero attached hydrogens (tertiary/aromatic N) is 1. The lowest BCUT2D eigenvalue weighted by molar-refractivity contribution is 0.340. The first-order valence-electron chi connectivity index (χ1n) is 7.11.